The predicted molar refractivity (Wildman–Crippen MR) is 87.1 cm³/mol. The van der Waals surface area contributed by atoms with Crippen molar-refractivity contribution >= 4 is 6.29 Å². The lowest BCUT2D eigenvalue weighted by Crippen LogP contribution is -2.25. The van der Waals surface area contributed by atoms with Crippen molar-refractivity contribution in [1.29, 1.82) is 0 Å². The maximum atomic E-state index is 10.4. The number of hydrogen-bond donors (Lipinski definition) is 0. The smallest absolute Gasteiger partial charge is 0.119 e. The van der Waals surface area contributed by atoms with Gasteiger partial charge in [-0.15, -0.1) is 0 Å². The molecule has 0 saturated carbocycles. The SMILES string of the molecule is O=CCCCCCN(Cc1ccccn1)Cc1ccccn1. The Kier molecular flexibility index (Phi) is 7.26. The highest BCUT2D eigenvalue weighted by molar-refractivity contribution is 5.48. The number of nitrogens with zero attached hydrogens (tertiary/aromatic N) is 3. The van der Waals surface area contributed by atoms with Gasteiger partial charge in [-0.1, -0.05) is 18.6 Å². The van der Waals surface area contributed by atoms with Crippen LogP contribution in [0.15, 0.2) is 48.8 Å². The van der Waals surface area contributed by atoms with Crippen LogP contribution in [-0.2, 0) is 17.9 Å². The van der Waals surface area contributed by atoms with Crippen LogP contribution in [0.2, 0.25) is 0 Å². The van der Waals surface area contributed by atoms with Gasteiger partial charge in [-0.3, -0.25) is 14.9 Å². The summed E-state index contributed by atoms with van der Waals surface area (Å²) in [6.07, 6.45) is 8.48. The highest BCUT2D eigenvalue weighted by atomic mass is 16.1. The molecule has 0 amide bonds. The number of carbonyl (C=O) groups excluding carboxylic acids is 1. The highest BCUT2D eigenvalue weighted by Crippen LogP contribution is 2.09. The van der Waals surface area contributed by atoms with Crippen molar-refractivity contribution < 1.29 is 4.79 Å². The molecule has 0 saturated heterocycles. The Hall–Kier alpha value is -2.07. The number of unbranched alkanes of at least 4 members (excludes halogenated alkanes) is 3. The number of carbonyl (C=O) groups is 1. The normalized spacial score (nSPS) is 10.8. The molecule has 0 N–H and O–H groups in total. The molecule has 22 heavy (non-hydrogen) atoms. The molecule has 0 atom stereocenters. The molecule has 0 aliphatic heterocycles. The molecule has 2 aromatic rings. The zero-order valence-electron chi connectivity index (χ0n) is 12.9. The largest absolute Gasteiger partial charge is 0.303 e. The minimum Gasteiger partial charge on any atom is -0.303 e. The Balaban J connectivity index is 1.89. The van der Waals surface area contributed by atoms with Gasteiger partial charge >= 0.3 is 0 Å². The van der Waals surface area contributed by atoms with E-state index in [1.165, 1.54) is 0 Å². The van der Waals surface area contributed by atoms with E-state index < -0.39 is 0 Å². The van der Waals surface area contributed by atoms with Crippen LogP contribution in [-0.4, -0.2) is 27.7 Å². The second kappa shape index (κ2) is 9.79. The minimum atomic E-state index is 0.667. The van der Waals surface area contributed by atoms with E-state index >= 15 is 0 Å². The average Bonchev–Trinajstić information content (AvgIpc) is 2.56. The van der Waals surface area contributed by atoms with Gasteiger partial charge in [0.2, 0.25) is 0 Å². The number of aldehydes is 1. The van der Waals surface area contributed by atoms with E-state index in [2.05, 4.69) is 27.0 Å². The average molecular weight is 297 g/mol. The van der Waals surface area contributed by atoms with E-state index in [0.717, 1.165) is 56.6 Å². The third-order valence-electron chi connectivity index (χ3n) is 3.52. The van der Waals surface area contributed by atoms with Crippen LogP contribution in [0.4, 0.5) is 0 Å². The van der Waals surface area contributed by atoms with Gasteiger partial charge in [-0.05, 0) is 43.7 Å². The van der Waals surface area contributed by atoms with Crippen LogP contribution in [0.25, 0.3) is 0 Å². The van der Waals surface area contributed by atoms with Crippen LogP contribution in [0.3, 0.4) is 0 Å². The third kappa shape index (κ3) is 6.14. The Bertz CT molecular complexity index is 489. The molecule has 0 bridgehead atoms. The second-order valence-corrected chi connectivity index (χ2v) is 5.37. The minimum absolute atomic E-state index is 0.667. The van der Waals surface area contributed by atoms with Gasteiger partial charge in [0.05, 0.1) is 11.4 Å². The molecule has 0 unspecified atom stereocenters. The monoisotopic (exact) mass is 297 g/mol. The van der Waals surface area contributed by atoms with E-state index in [-0.39, 0.29) is 0 Å². The summed E-state index contributed by atoms with van der Waals surface area (Å²) >= 11 is 0. The number of hydrogen-bond acceptors (Lipinski definition) is 4. The van der Waals surface area contributed by atoms with Crippen molar-refractivity contribution in [3.63, 3.8) is 0 Å². The molecule has 0 aromatic carbocycles. The van der Waals surface area contributed by atoms with Gasteiger partial charge in [-0.2, -0.15) is 0 Å². The van der Waals surface area contributed by atoms with Crippen molar-refractivity contribution in [2.24, 2.45) is 0 Å². The van der Waals surface area contributed by atoms with Gasteiger partial charge in [0, 0.05) is 31.9 Å². The van der Waals surface area contributed by atoms with E-state index in [1.807, 2.05) is 36.7 Å². The summed E-state index contributed by atoms with van der Waals surface area (Å²) in [5.74, 6) is 0. The first kappa shape index (κ1) is 16.3. The van der Waals surface area contributed by atoms with Crippen molar-refractivity contribution in [2.75, 3.05) is 6.54 Å². The topological polar surface area (TPSA) is 46.1 Å². The van der Waals surface area contributed by atoms with Gasteiger partial charge in [0.15, 0.2) is 0 Å². The first-order chi connectivity index (χ1) is 10.9. The van der Waals surface area contributed by atoms with Gasteiger partial charge < -0.3 is 4.79 Å². The molecule has 4 nitrogen and oxygen atoms in total. The Morgan fingerprint density at radius 2 is 1.50 bits per heavy atom. The summed E-state index contributed by atoms with van der Waals surface area (Å²) in [6.45, 7) is 2.64. The third-order valence-corrected chi connectivity index (χ3v) is 3.52. The van der Waals surface area contributed by atoms with Gasteiger partial charge in [0.1, 0.15) is 6.29 Å². The van der Waals surface area contributed by atoms with Crippen molar-refractivity contribution in [2.45, 2.75) is 38.8 Å². The Labute approximate surface area is 132 Å². The molecule has 0 aliphatic rings. The number of pyridine rings is 2. The molecule has 2 rings (SSSR count). The molecular weight excluding hydrogens is 274 g/mol. The van der Waals surface area contributed by atoms with Crippen molar-refractivity contribution in [3.05, 3.63) is 60.2 Å². The molecule has 116 valence electrons. The summed E-state index contributed by atoms with van der Waals surface area (Å²) < 4.78 is 0. The molecular formula is C18H23N3O. The summed E-state index contributed by atoms with van der Waals surface area (Å²) in [5.41, 5.74) is 2.15. The number of aromatic nitrogens is 2. The lowest BCUT2D eigenvalue weighted by molar-refractivity contribution is -0.107. The maximum Gasteiger partial charge on any atom is 0.119 e. The first-order valence-electron chi connectivity index (χ1n) is 7.84. The van der Waals surface area contributed by atoms with Crippen molar-refractivity contribution in [1.82, 2.24) is 14.9 Å². The molecule has 2 heterocycles. The second-order valence-electron chi connectivity index (χ2n) is 5.37. The first-order valence-corrected chi connectivity index (χ1v) is 7.84. The van der Waals surface area contributed by atoms with E-state index in [9.17, 15) is 4.79 Å². The van der Waals surface area contributed by atoms with Gasteiger partial charge in [-0.25, -0.2) is 0 Å². The zero-order chi connectivity index (χ0) is 15.5. The molecule has 2 aromatic heterocycles. The molecule has 0 radical (unpaired) electrons. The van der Waals surface area contributed by atoms with Crippen LogP contribution in [0, 0.1) is 0 Å². The molecule has 0 aliphatic carbocycles. The van der Waals surface area contributed by atoms with E-state index in [0.29, 0.717) is 6.42 Å². The fourth-order valence-corrected chi connectivity index (χ4v) is 2.40. The lowest BCUT2D eigenvalue weighted by atomic mass is 10.2. The van der Waals surface area contributed by atoms with Crippen LogP contribution < -0.4 is 0 Å². The Morgan fingerprint density at radius 1 is 0.864 bits per heavy atom. The summed E-state index contributed by atoms with van der Waals surface area (Å²) in [5, 5.41) is 0. The predicted octanol–water partition coefficient (Wildman–Crippen LogP) is 3.24. The summed E-state index contributed by atoms with van der Waals surface area (Å²) in [7, 11) is 0. The zero-order valence-corrected chi connectivity index (χ0v) is 12.9. The summed E-state index contributed by atoms with van der Waals surface area (Å²) in [6, 6.07) is 12.0. The van der Waals surface area contributed by atoms with Crippen molar-refractivity contribution in [3.8, 4) is 0 Å². The Morgan fingerprint density at radius 3 is 2.00 bits per heavy atom. The molecule has 4 heteroatoms. The molecule has 0 fully saturated rings. The highest BCUT2D eigenvalue weighted by Gasteiger charge is 2.08. The van der Waals surface area contributed by atoms with E-state index in [4.69, 9.17) is 0 Å². The van der Waals surface area contributed by atoms with Crippen LogP contribution in [0.5, 0.6) is 0 Å². The fraction of sp³-hybridized carbons (Fsp3) is 0.389. The molecule has 0 spiro atoms. The van der Waals surface area contributed by atoms with Gasteiger partial charge in [0.25, 0.3) is 0 Å². The standard InChI is InChI=1S/C18H23N3O/c22-14-8-2-1-7-13-21(15-17-9-3-5-11-19-17)16-18-10-4-6-12-20-18/h3-6,9-12,14H,1-2,7-8,13,15-16H2. The van der Waals surface area contributed by atoms with Crippen LogP contribution in [0.1, 0.15) is 37.1 Å². The summed E-state index contributed by atoms with van der Waals surface area (Å²) in [4.78, 5) is 21.5. The van der Waals surface area contributed by atoms with Crippen LogP contribution >= 0.6 is 0 Å². The maximum absolute atomic E-state index is 10.4. The fourth-order valence-electron chi connectivity index (χ4n) is 2.40. The quantitative estimate of drug-likeness (QED) is 0.499. The number of rotatable bonds is 10. The lowest BCUT2D eigenvalue weighted by Gasteiger charge is -2.21. The van der Waals surface area contributed by atoms with E-state index in [1.54, 1.807) is 0 Å².